The fourth-order valence-electron chi connectivity index (χ4n) is 3.81. The Morgan fingerprint density at radius 3 is 1.89 bits per heavy atom. The molecular formula is C30H27ClO4. The summed E-state index contributed by atoms with van der Waals surface area (Å²) in [5.74, 6) is -1.01. The molecule has 0 aliphatic rings. The lowest BCUT2D eigenvalue weighted by molar-refractivity contribution is 0.0512. The van der Waals surface area contributed by atoms with Crippen molar-refractivity contribution < 1.29 is 19.1 Å². The molecule has 0 aromatic heterocycles. The molecule has 178 valence electrons. The van der Waals surface area contributed by atoms with E-state index in [-0.39, 0.29) is 13.2 Å². The zero-order valence-electron chi connectivity index (χ0n) is 19.8. The number of ether oxygens (including phenoxy) is 2. The van der Waals surface area contributed by atoms with Crippen molar-refractivity contribution in [3.63, 3.8) is 0 Å². The van der Waals surface area contributed by atoms with Crippen LogP contribution in [0.1, 0.15) is 45.7 Å². The van der Waals surface area contributed by atoms with Gasteiger partial charge in [0.15, 0.2) is 0 Å². The first-order chi connectivity index (χ1) is 16.9. The molecule has 3 aromatic carbocycles. The molecule has 0 amide bonds. The minimum absolute atomic E-state index is 0.203. The zero-order chi connectivity index (χ0) is 25.4. The number of hydrogen-bond acceptors (Lipinski definition) is 4. The molecule has 4 nitrogen and oxygen atoms in total. The van der Waals surface area contributed by atoms with Gasteiger partial charge in [0.1, 0.15) is 0 Å². The molecule has 35 heavy (non-hydrogen) atoms. The van der Waals surface area contributed by atoms with E-state index in [1.54, 1.807) is 62.4 Å². The van der Waals surface area contributed by atoms with Crippen molar-refractivity contribution in [3.8, 4) is 11.1 Å². The monoisotopic (exact) mass is 486 g/mol. The average Bonchev–Trinajstić information content (AvgIpc) is 2.88. The van der Waals surface area contributed by atoms with Gasteiger partial charge >= 0.3 is 11.9 Å². The van der Waals surface area contributed by atoms with E-state index in [4.69, 9.17) is 21.1 Å². The molecule has 0 aliphatic heterocycles. The van der Waals surface area contributed by atoms with Gasteiger partial charge in [-0.1, -0.05) is 79.4 Å². The molecule has 5 heteroatoms. The van der Waals surface area contributed by atoms with Crippen molar-refractivity contribution in [1.82, 2.24) is 0 Å². The van der Waals surface area contributed by atoms with Crippen LogP contribution in [0.5, 0.6) is 0 Å². The molecule has 0 radical (unpaired) electrons. The Labute approximate surface area is 211 Å². The highest BCUT2D eigenvalue weighted by Crippen LogP contribution is 2.36. The summed E-state index contributed by atoms with van der Waals surface area (Å²) in [4.78, 5) is 26.2. The van der Waals surface area contributed by atoms with Crippen molar-refractivity contribution in [2.24, 2.45) is 0 Å². The molecule has 0 fully saturated rings. The minimum atomic E-state index is -0.510. The van der Waals surface area contributed by atoms with Crippen LogP contribution in [0.15, 0.2) is 92.0 Å². The van der Waals surface area contributed by atoms with Gasteiger partial charge in [0.05, 0.1) is 24.3 Å². The standard InChI is InChI=1S/C30H27ClO4/c1-5-23(20-12-10-9-11-13-20)24(6-2)26-19-27(29(32)34-7-3)25(18-28(26)30(33)35-8-4)21-14-16-22(31)17-15-21/h5-6,9-19H,1-2,7-8H2,3-4H3/b24-23-. The van der Waals surface area contributed by atoms with Gasteiger partial charge in [-0.3, -0.25) is 0 Å². The van der Waals surface area contributed by atoms with Crippen LogP contribution in [0, 0.1) is 0 Å². The van der Waals surface area contributed by atoms with Gasteiger partial charge in [-0.25, -0.2) is 9.59 Å². The van der Waals surface area contributed by atoms with E-state index >= 15 is 0 Å². The molecule has 0 atom stereocenters. The van der Waals surface area contributed by atoms with E-state index in [2.05, 4.69) is 13.2 Å². The summed E-state index contributed by atoms with van der Waals surface area (Å²) in [7, 11) is 0. The third-order valence-electron chi connectivity index (χ3n) is 5.38. The number of hydrogen-bond donors (Lipinski definition) is 0. The van der Waals surface area contributed by atoms with E-state index in [0.717, 1.165) is 11.1 Å². The van der Waals surface area contributed by atoms with Gasteiger partial charge in [-0.2, -0.15) is 0 Å². The lowest BCUT2D eigenvalue weighted by atomic mass is 9.87. The van der Waals surface area contributed by atoms with Crippen LogP contribution in [-0.2, 0) is 9.47 Å². The van der Waals surface area contributed by atoms with Crippen molar-refractivity contribution in [1.29, 1.82) is 0 Å². The second kappa shape index (κ2) is 12.0. The summed E-state index contributed by atoms with van der Waals surface area (Å²) in [6.45, 7) is 11.9. The van der Waals surface area contributed by atoms with Gasteiger partial charge in [-0.15, -0.1) is 0 Å². The topological polar surface area (TPSA) is 52.6 Å². The molecule has 0 spiro atoms. The summed E-state index contributed by atoms with van der Waals surface area (Å²) in [5.41, 5.74) is 4.66. The maximum Gasteiger partial charge on any atom is 0.338 e. The second-order valence-electron chi connectivity index (χ2n) is 7.49. The molecule has 0 saturated carbocycles. The van der Waals surface area contributed by atoms with E-state index < -0.39 is 11.9 Å². The summed E-state index contributed by atoms with van der Waals surface area (Å²) < 4.78 is 10.7. The molecule has 0 aliphatic carbocycles. The van der Waals surface area contributed by atoms with Crippen molar-refractivity contribution in [2.75, 3.05) is 13.2 Å². The van der Waals surface area contributed by atoms with Crippen LogP contribution in [0.3, 0.4) is 0 Å². The predicted octanol–water partition coefficient (Wildman–Crippen LogP) is 7.64. The molecule has 0 heterocycles. The predicted molar refractivity (Wildman–Crippen MR) is 142 cm³/mol. The maximum atomic E-state index is 13.1. The van der Waals surface area contributed by atoms with Crippen LogP contribution in [-0.4, -0.2) is 25.2 Å². The van der Waals surface area contributed by atoms with Crippen LogP contribution >= 0.6 is 11.6 Å². The summed E-state index contributed by atoms with van der Waals surface area (Å²) in [6, 6.07) is 20.0. The minimum Gasteiger partial charge on any atom is -0.462 e. The van der Waals surface area contributed by atoms with E-state index in [0.29, 0.717) is 38.4 Å². The molecule has 0 bridgehead atoms. The van der Waals surface area contributed by atoms with E-state index in [1.807, 2.05) is 30.3 Å². The average molecular weight is 487 g/mol. The fraction of sp³-hybridized carbons (Fsp3) is 0.133. The van der Waals surface area contributed by atoms with Gasteiger partial charge in [0, 0.05) is 5.02 Å². The van der Waals surface area contributed by atoms with Crippen LogP contribution in [0.2, 0.25) is 5.02 Å². The number of rotatable bonds is 9. The summed E-state index contributed by atoms with van der Waals surface area (Å²) in [5, 5.41) is 0.559. The Hall–Kier alpha value is -3.89. The number of carbonyl (C=O) groups is 2. The number of allylic oxidation sites excluding steroid dienone is 4. The number of halogens is 1. The molecule has 0 N–H and O–H groups in total. The second-order valence-corrected chi connectivity index (χ2v) is 7.93. The molecule has 3 aromatic rings. The third-order valence-corrected chi connectivity index (χ3v) is 5.63. The lowest BCUT2D eigenvalue weighted by Crippen LogP contribution is -2.13. The largest absolute Gasteiger partial charge is 0.462 e. The SMILES string of the molecule is C=C/C(=C(\C=C)c1cc(C(=O)OCC)c(-c2ccc(Cl)cc2)cc1C(=O)OCC)c1ccccc1. The number of benzene rings is 3. The first-order valence-electron chi connectivity index (χ1n) is 11.3. The van der Waals surface area contributed by atoms with Crippen LogP contribution in [0.25, 0.3) is 22.3 Å². The van der Waals surface area contributed by atoms with Gasteiger partial charge < -0.3 is 9.47 Å². The van der Waals surface area contributed by atoms with Crippen LogP contribution in [0.4, 0.5) is 0 Å². The fourth-order valence-corrected chi connectivity index (χ4v) is 3.94. The highest BCUT2D eigenvalue weighted by Gasteiger charge is 2.24. The van der Waals surface area contributed by atoms with Crippen molar-refractivity contribution >= 4 is 34.7 Å². The van der Waals surface area contributed by atoms with Crippen molar-refractivity contribution in [2.45, 2.75) is 13.8 Å². The van der Waals surface area contributed by atoms with Crippen LogP contribution < -0.4 is 0 Å². The Bertz CT molecular complexity index is 1270. The highest BCUT2D eigenvalue weighted by atomic mass is 35.5. The Morgan fingerprint density at radius 1 is 0.771 bits per heavy atom. The first kappa shape index (κ1) is 25.7. The lowest BCUT2D eigenvalue weighted by Gasteiger charge is -2.18. The number of carbonyl (C=O) groups excluding carboxylic acids is 2. The smallest absolute Gasteiger partial charge is 0.338 e. The molecule has 0 saturated heterocycles. The van der Waals surface area contributed by atoms with Crippen molar-refractivity contribution in [3.05, 3.63) is 119 Å². The Morgan fingerprint density at radius 2 is 1.34 bits per heavy atom. The van der Waals surface area contributed by atoms with Gasteiger partial charge in [0.25, 0.3) is 0 Å². The summed E-state index contributed by atoms with van der Waals surface area (Å²) in [6.07, 6.45) is 3.36. The highest BCUT2D eigenvalue weighted by molar-refractivity contribution is 6.30. The normalized spacial score (nSPS) is 11.3. The quantitative estimate of drug-likeness (QED) is 0.177. The molecule has 3 rings (SSSR count). The van der Waals surface area contributed by atoms with Gasteiger partial charge in [0.2, 0.25) is 0 Å². The van der Waals surface area contributed by atoms with Gasteiger partial charge in [-0.05, 0) is 71.5 Å². The number of esters is 2. The zero-order valence-corrected chi connectivity index (χ0v) is 20.6. The van der Waals surface area contributed by atoms with E-state index in [9.17, 15) is 9.59 Å². The maximum absolute atomic E-state index is 13.1. The Kier molecular flexibility index (Phi) is 8.82. The molecular weight excluding hydrogens is 460 g/mol. The molecule has 0 unspecified atom stereocenters. The third kappa shape index (κ3) is 5.79. The first-order valence-corrected chi connectivity index (χ1v) is 11.7. The van der Waals surface area contributed by atoms with E-state index in [1.165, 1.54) is 0 Å². The summed E-state index contributed by atoms with van der Waals surface area (Å²) >= 11 is 6.08. The Balaban J connectivity index is 2.41.